The highest BCUT2D eigenvalue weighted by Crippen LogP contribution is 2.29. The van der Waals surface area contributed by atoms with Crippen LogP contribution in [0.4, 0.5) is 8.78 Å². The van der Waals surface area contributed by atoms with Crippen molar-refractivity contribution in [2.24, 2.45) is 0 Å². The number of ketones is 2. The number of pyridine rings is 1. The lowest BCUT2D eigenvalue weighted by atomic mass is 9.98. The summed E-state index contributed by atoms with van der Waals surface area (Å²) < 4.78 is 26.5. The van der Waals surface area contributed by atoms with Crippen LogP contribution in [0.25, 0.3) is 0 Å². The molecule has 5 heteroatoms. The standard InChI is InChI=1S/C12H13F2NO2/c1-3-8(16)6-11(17)9-7-15-5-4-10(9)12(2,13)14/h4-5,7H,3,6H2,1-2H3. The van der Waals surface area contributed by atoms with Gasteiger partial charge < -0.3 is 0 Å². The molecule has 1 aromatic heterocycles. The molecule has 0 unspecified atom stereocenters. The van der Waals surface area contributed by atoms with Gasteiger partial charge in [0.2, 0.25) is 0 Å². The zero-order valence-electron chi connectivity index (χ0n) is 9.67. The van der Waals surface area contributed by atoms with E-state index in [4.69, 9.17) is 0 Å². The number of halogens is 2. The molecule has 0 aliphatic carbocycles. The van der Waals surface area contributed by atoms with Gasteiger partial charge in [-0.2, -0.15) is 0 Å². The molecule has 92 valence electrons. The topological polar surface area (TPSA) is 47.0 Å². The molecule has 1 aromatic rings. The molecule has 0 aromatic carbocycles. The van der Waals surface area contributed by atoms with Crippen molar-refractivity contribution >= 4 is 11.6 Å². The second kappa shape index (κ2) is 5.12. The zero-order valence-corrected chi connectivity index (χ0v) is 9.67. The Balaban J connectivity index is 3.06. The lowest BCUT2D eigenvalue weighted by molar-refractivity contribution is -0.117. The van der Waals surface area contributed by atoms with Crippen LogP contribution in [0, 0.1) is 0 Å². The maximum absolute atomic E-state index is 13.2. The SMILES string of the molecule is CCC(=O)CC(=O)c1cnccc1C(C)(F)F. The minimum atomic E-state index is -3.12. The van der Waals surface area contributed by atoms with Gasteiger partial charge in [-0.15, -0.1) is 0 Å². The van der Waals surface area contributed by atoms with Crippen molar-refractivity contribution in [2.75, 3.05) is 0 Å². The Hall–Kier alpha value is -1.65. The molecule has 0 bridgehead atoms. The smallest absolute Gasteiger partial charge is 0.271 e. The maximum atomic E-state index is 13.2. The average Bonchev–Trinajstić information content (AvgIpc) is 2.27. The third-order valence-electron chi connectivity index (χ3n) is 2.35. The van der Waals surface area contributed by atoms with E-state index in [9.17, 15) is 18.4 Å². The highest BCUT2D eigenvalue weighted by molar-refractivity contribution is 6.08. The predicted octanol–water partition coefficient (Wildman–Crippen LogP) is 2.75. The Bertz CT molecular complexity index is 438. The number of Topliss-reactive ketones (excluding diaryl/α,β-unsaturated/α-hetero) is 2. The van der Waals surface area contributed by atoms with E-state index >= 15 is 0 Å². The van der Waals surface area contributed by atoms with Crippen LogP contribution in [0.15, 0.2) is 18.5 Å². The molecular weight excluding hydrogens is 228 g/mol. The summed E-state index contributed by atoms with van der Waals surface area (Å²) in [5.41, 5.74) is -0.566. The molecule has 0 saturated heterocycles. The third kappa shape index (κ3) is 3.41. The Morgan fingerprint density at radius 1 is 1.41 bits per heavy atom. The first-order chi connectivity index (χ1) is 7.86. The fourth-order valence-electron chi connectivity index (χ4n) is 1.40. The third-order valence-corrected chi connectivity index (χ3v) is 2.35. The summed E-state index contributed by atoms with van der Waals surface area (Å²) in [4.78, 5) is 26.5. The largest absolute Gasteiger partial charge is 0.299 e. The lowest BCUT2D eigenvalue weighted by Gasteiger charge is -2.14. The summed E-state index contributed by atoms with van der Waals surface area (Å²) in [6.45, 7) is 2.33. The Labute approximate surface area is 97.9 Å². The number of hydrogen-bond donors (Lipinski definition) is 0. The van der Waals surface area contributed by atoms with Gasteiger partial charge in [0.25, 0.3) is 5.92 Å². The van der Waals surface area contributed by atoms with Gasteiger partial charge in [0.05, 0.1) is 6.42 Å². The summed E-state index contributed by atoms with van der Waals surface area (Å²) in [6, 6.07) is 1.10. The van der Waals surface area contributed by atoms with E-state index in [1.807, 2.05) is 0 Å². The summed E-state index contributed by atoms with van der Waals surface area (Å²) in [5, 5.41) is 0. The molecule has 1 heterocycles. The van der Waals surface area contributed by atoms with E-state index in [0.717, 1.165) is 12.3 Å². The van der Waals surface area contributed by atoms with Gasteiger partial charge in [-0.25, -0.2) is 8.78 Å². The fourth-order valence-corrected chi connectivity index (χ4v) is 1.40. The van der Waals surface area contributed by atoms with E-state index in [-0.39, 0.29) is 29.8 Å². The molecule has 0 aliphatic heterocycles. The Morgan fingerprint density at radius 2 is 2.06 bits per heavy atom. The highest BCUT2D eigenvalue weighted by atomic mass is 19.3. The maximum Gasteiger partial charge on any atom is 0.271 e. The van der Waals surface area contributed by atoms with E-state index in [1.165, 1.54) is 6.20 Å². The van der Waals surface area contributed by atoms with Crippen LogP contribution in [-0.2, 0) is 10.7 Å². The number of alkyl halides is 2. The number of nitrogens with zero attached hydrogens (tertiary/aromatic N) is 1. The van der Waals surface area contributed by atoms with Gasteiger partial charge in [0, 0.05) is 36.9 Å². The van der Waals surface area contributed by atoms with Crippen LogP contribution >= 0.6 is 0 Å². The Kier molecular flexibility index (Phi) is 4.04. The molecular formula is C12H13F2NO2. The molecule has 0 radical (unpaired) electrons. The molecule has 0 spiro atoms. The summed E-state index contributed by atoms with van der Waals surface area (Å²) in [6.07, 6.45) is 2.14. The van der Waals surface area contributed by atoms with Crippen molar-refractivity contribution in [3.63, 3.8) is 0 Å². The van der Waals surface area contributed by atoms with Crippen molar-refractivity contribution in [2.45, 2.75) is 32.6 Å². The van der Waals surface area contributed by atoms with Crippen molar-refractivity contribution in [3.8, 4) is 0 Å². The van der Waals surface area contributed by atoms with Crippen molar-refractivity contribution < 1.29 is 18.4 Å². The molecule has 0 N–H and O–H groups in total. The van der Waals surface area contributed by atoms with Crippen molar-refractivity contribution in [1.29, 1.82) is 0 Å². The van der Waals surface area contributed by atoms with Gasteiger partial charge >= 0.3 is 0 Å². The number of rotatable bonds is 5. The highest BCUT2D eigenvalue weighted by Gasteiger charge is 2.30. The second-order valence-electron chi connectivity index (χ2n) is 3.80. The number of aromatic nitrogens is 1. The first-order valence-corrected chi connectivity index (χ1v) is 5.23. The lowest BCUT2D eigenvalue weighted by Crippen LogP contribution is -2.16. The number of carbonyl (C=O) groups is 2. The summed E-state index contributed by atoms with van der Waals surface area (Å²) in [5.74, 6) is -4.01. The predicted molar refractivity (Wildman–Crippen MR) is 58.1 cm³/mol. The molecule has 0 fully saturated rings. The van der Waals surface area contributed by atoms with E-state index < -0.39 is 11.7 Å². The van der Waals surface area contributed by atoms with Crippen LogP contribution in [0.1, 0.15) is 42.6 Å². The molecule has 3 nitrogen and oxygen atoms in total. The van der Waals surface area contributed by atoms with Crippen LogP contribution < -0.4 is 0 Å². The minimum Gasteiger partial charge on any atom is -0.299 e. The number of hydrogen-bond acceptors (Lipinski definition) is 3. The molecule has 17 heavy (non-hydrogen) atoms. The van der Waals surface area contributed by atoms with Gasteiger partial charge in [0.15, 0.2) is 5.78 Å². The van der Waals surface area contributed by atoms with Crippen molar-refractivity contribution in [3.05, 3.63) is 29.6 Å². The molecule has 0 aliphatic rings. The zero-order chi connectivity index (χ0) is 13.1. The average molecular weight is 241 g/mol. The second-order valence-corrected chi connectivity index (χ2v) is 3.80. The van der Waals surface area contributed by atoms with Gasteiger partial charge in [-0.3, -0.25) is 14.6 Å². The van der Waals surface area contributed by atoms with E-state index in [2.05, 4.69) is 4.98 Å². The van der Waals surface area contributed by atoms with Crippen LogP contribution in [-0.4, -0.2) is 16.6 Å². The van der Waals surface area contributed by atoms with Gasteiger partial charge in [-0.05, 0) is 6.07 Å². The van der Waals surface area contributed by atoms with Crippen LogP contribution in [0.3, 0.4) is 0 Å². The molecule has 1 rings (SSSR count). The van der Waals surface area contributed by atoms with Crippen LogP contribution in [0.2, 0.25) is 0 Å². The van der Waals surface area contributed by atoms with E-state index in [1.54, 1.807) is 6.92 Å². The van der Waals surface area contributed by atoms with E-state index in [0.29, 0.717) is 6.92 Å². The number of carbonyl (C=O) groups excluding carboxylic acids is 2. The molecule has 0 amide bonds. The minimum absolute atomic E-state index is 0.179. The Morgan fingerprint density at radius 3 is 2.59 bits per heavy atom. The first-order valence-electron chi connectivity index (χ1n) is 5.23. The quantitative estimate of drug-likeness (QED) is 0.588. The first kappa shape index (κ1) is 13.4. The van der Waals surface area contributed by atoms with Gasteiger partial charge in [0.1, 0.15) is 5.78 Å². The van der Waals surface area contributed by atoms with Gasteiger partial charge in [-0.1, -0.05) is 6.92 Å². The molecule has 0 atom stereocenters. The summed E-state index contributed by atoms with van der Waals surface area (Å²) in [7, 11) is 0. The molecule has 0 saturated carbocycles. The normalized spacial score (nSPS) is 11.3. The fraction of sp³-hybridized carbons (Fsp3) is 0.417. The summed E-state index contributed by atoms with van der Waals surface area (Å²) >= 11 is 0. The monoisotopic (exact) mass is 241 g/mol. The van der Waals surface area contributed by atoms with Crippen LogP contribution in [0.5, 0.6) is 0 Å². The van der Waals surface area contributed by atoms with Crippen molar-refractivity contribution in [1.82, 2.24) is 4.98 Å².